The number of fused-ring (bicyclic) bond motifs is 1. The fourth-order valence-corrected chi connectivity index (χ4v) is 5.90. The van der Waals surface area contributed by atoms with Crippen LogP contribution < -0.4 is 17.0 Å². The van der Waals surface area contributed by atoms with E-state index in [0.29, 0.717) is 23.7 Å². The predicted octanol–water partition coefficient (Wildman–Crippen LogP) is 5.36. The molecule has 210 valence electrons. The second kappa shape index (κ2) is 11.2. The highest BCUT2D eigenvalue weighted by Crippen LogP contribution is 2.30. The van der Waals surface area contributed by atoms with Crippen molar-refractivity contribution in [3.05, 3.63) is 105 Å². The zero-order valence-electron chi connectivity index (χ0n) is 23.6. The van der Waals surface area contributed by atoms with Crippen LogP contribution in [-0.4, -0.2) is 37.5 Å². The summed E-state index contributed by atoms with van der Waals surface area (Å²) in [6.45, 7) is 6.85. The third kappa shape index (κ3) is 5.60. The van der Waals surface area contributed by atoms with E-state index >= 15 is 0 Å². The van der Waals surface area contributed by atoms with E-state index in [1.807, 2.05) is 53.1 Å². The molecule has 2 aromatic heterocycles. The fourth-order valence-electron chi connectivity index (χ4n) is 5.90. The summed E-state index contributed by atoms with van der Waals surface area (Å²) >= 11 is 0. The van der Waals surface area contributed by atoms with Crippen LogP contribution >= 0.6 is 0 Å². The summed E-state index contributed by atoms with van der Waals surface area (Å²) < 4.78 is 1.88. The molecular formula is C33H36N6O2. The summed E-state index contributed by atoms with van der Waals surface area (Å²) in [6.07, 6.45) is 2.43. The minimum absolute atomic E-state index is 0.0677. The van der Waals surface area contributed by atoms with Crippen molar-refractivity contribution in [3.63, 3.8) is 0 Å². The molecule has 0 bridgehead atoms. The lowest BCUT2D eigenvalue weighted by molar-refractivity contribution is 0.180. The number of benzene rings is 3. The molecule has 1 aliphatic rings. The number of imidazole rings is 1. The lowest BCUT2D eigenvalue weighted by atomic mass is 10.0. The van der Waals surface area contributed by atoms with Crippen LogP contribution in [0.2, 0.25) is 0 Å². The molecule has 1 aliphatic heterocycles. The van der Waals surface area contributed by atoms with Gasteiger partial charge < -0.3 is 15.7 Å². The van der Waals surface area contributed by atoms with Gasteiger partial charge in [-0.05, 0) is 48.9 Å². The van der Waals surface area contributed by atoms with Gasteiger partial charge in [0.05, 0.1) is 22.4 Å². The van der Waals surface area contributed by atoms with E-state index in [4.69, 9.17) is 10.7 Å². The van der Waals surface area contributed by atoms with Gasteiger partial charge >= 0.3 is 5.69 Å². The lowest BCUT2D eigenvalue weighted by Crippen LogP contribution is -2.36. The molecule has 8 nitrogen and oxygen atoms in total. The highest BCUT2D eigenvalue weighted by atomic mass is 16.1. The maximum atomic E-state index is 12.9. The standard InChI is InChI=1S/C33H36N6O2/c1-21(2)18-28-32(40)37-31(23-6-4-3-5-7-23)30(35-28)24-10-8-22(9-11-24)20-38-16-14-26(15-17-38)39-29-19-25(34)12-13-27(29)36-33(39)41/h3-13,19,21,26H,14-18,20,34H2,1-2H3,(H,36,41)(H,37,40). The van der Waals surface area contributed by atoms with Crippen LogP contribution in [0.4, 0.5) is 5.69 Å². The molecule has 41 heavy (non-hydrogen) atoms. The summed E-state index contributed by atoms with van der Waals surface area (Å²) in [5.41, 5.74) is 13.4. The fraction of sp³-hybridized carbons (Fsp3) is 0.303. The van der Waals surface area contributed by atoms with Crippen LogP contribution in [0.1, 0.15) is 44.0 Å². The number of likely N-dealkylation sites (tertiary alicyclic amines) is 1. The molecule has 3 aromatic carbocycles. The number of rotatable bonds is 7. The number of aromatic nitrogens is 4. The number of nitrogens with two attached hydrogens (primary N) is 1. The Morgan fingerprint density at radius 1 is 0.927 bits per heavy atom. The Kier molecular flexibility index (Phi) is 7.32. The Hall–Kier alpha value is -4.43. The Labute approximate surface area is 238 Å². The van der Waals surface area contributed by atoms with Crippen LogP contribution in [0, 0.1) is 5.92 Å². The van der Waals surface area contributed by atoms with Crippen molar-refractivity contribution in [1.82, 2.24) is 24.4 Å². The van der Waals surface area contributed by atoms with E-state index in [1.54, 1.807) is 0 Å². The molecule has 0 spiro atoms. The smallest absolute Gasteiger partial charge is 0.326 e. The topological polar surface area (TPSA) is 113 Å². The molecule has 5 aromatic rings. The van der Waals surface area contributed by atoms with Crippen LogP contribution in [0.3, 0.4) is 0 Å². The van der Waals surface area contributed by atoms with Gasteiger partial charge in [0.2, 0.25) is 0 Å². The first-order valence-corrected chi connectivity index (χ1v) is 14.4. The van der Waals surface area contributed by atoms with Gasteiger partial charge in [-0.3, -0.25) is 14.3 Å². The summed E-state index contributed by atoms with van der Waals surface area (Å²) in [4.78, 5) is 39.0. The number of hydrogen-bond acceptors (Lipinski definition) is 5. The number of nitrogens with zero attached hydrogens (tertiary/aromatic N) is 3. The van der Waals surface area contributed by atoms with Crippen LogP contribution in [0.5, 0.6) is 0 Å². The average Bonchev–Trinajstić information content (AvgIpc) is 3.30. The number of H-pyrrole nitrogens is 2. The van der Waals surface area contributed by atoms with Crippen molar-refractivity contribution in [2.24, 2.45) is 5.92 Å². The zero-order chi connectivity index (χ0) is 28.5. The summed E-state index contributed by atoms with van der Waals surface area (Å²) in [5, 5.41) is 0. The second-order valence-electron chi connectivity index (χ2n) is 11.5. The van der Waals surface area contributed by atoms with Crippen molar-refractivity contribution in [3.8, 4) is 22.5 Å². The highest BCUT2D eigenvalue weighted by Gasteiger charge is 2.24. The molecule has 0 unspecified atom stereocenters. The predicted molar refractivity (Wildman–Crippen MR) is 165 cm³/mol. The number of piperidine rings is 1. The van der Waals surface area contributed by atoms with Crippen LogP contribution in [0.25, 0.3) is 33.5 Å². The first-order valence-electron chi connectivity index (χ1n) is 14.4. The van der Waals surface area contributed by atoms with Crippen molar-refractivity contribution >= 4 is 16.7 Å². The number of nitrogens with one attached hydrogen (secondary N) is 2. The second-order valence-corrected chi connectivity index (χ2v) is 11.5. The SMILES string of the molecule is CC(C)Cc1nc(-c2ccc(CN3CCC(n4c(=O)[nH]c5ccc(N)cc54)CC3)cc2)c(-c2ccccc2)[nH]c1=O. The van der Waals surface area contributed by atoms with Crippen LogP contribution in [-0.2, 0) is 13.0 Å². The van der Waals surface area contributed by atoms with Gasteiger partial charge in [-0.25, -0.2) is 9.78 Å². The number of anilines is 1. The molecular weight excluding hydrogens is 512 g/mol. The Morgan fingerprint density at radius 2 is 1.66 bits per heavy atom. The molecule has 0 aliphatic carbocycles. The number of nitrogen functional groups attached to an aromatic ring is 1. The molecule has 6 rings (SSSR count). The molecule has 0 atom stereocenters. The van der Waals surface area contributed by atoms with Crippen molar-refractivity contribution in [2.75, 3.05) is 18.8 Å². The third-order valence-corrected chi connectivity index (χ3v) is 7.95. The number of hydrogen-bond donors (Lipinski definition) is 3. The molecule has 0 amide bonds. The minimum atomic E-state index is -0.125. The van der Waals surface area contributed by atoms with Gasteiger partial charge in [0, 0.05) is 42.5 Å². The maximum Gasteiger partial charge on any atom is 0.326 e. The third-order valence-electron chi connectivity index (χ3n) is 7.95. The first-order chi connectivity index (χ1) is 19.9. The molecule has 0 saturated carbocycles. The Balaban J connectivity index is 1.19. The normalized spacial score (nSPS) is 14.7. The van der Waals surface area contributed by atoms with E-state index in [9.17, 15) is 9.59 Å². The highest BCUT2D eigenvalue weighted by molar-refractivity contribution is 5.79. The molecule has 3 heterocycles. The van der Waals surface area contributed by atoms with Crippen molar-refractivity contribution in [1.29, 1.82) is 0 Å². The number of aromatic amines is 2. The van der Waals surface area contributed by atoms with Gasteiger partial charge in [0.25, 0.3) is 5.56 Å². The minimum Gasteiger partial charge on any atom is -0.399 e. The van der Waals surface area contributed by atoms with Gasteiger partial charge in [-0.15, -0.1) is 0 Å². The molecule has 1 saturated heterocycles. The summed E-state index contributed by atoms with van der Waals surface area (Å²) in [7, 11) is 0. The molecule has 0 radical (unpaired) electrons. The Morgan fingerprint density at radius 3 is 2.37 bits per heavy atom. The average molecular weight is 549 g/mol. The summed E-state index contributed by atoms with van der Waals surface area (Å²) in [6, 6.07) is 24.1. The maximum absolute atomic E-state index is 12.9. The van der Waals surface area contributed by atoms with Gasteiger partial charge in [0.15, 0.2) is 0 Å². The van der Waals surface area contributed by atoms with Crippen LogP contribution in [0.15, 0.2) is 82.4 Å². The quantitative estimate of drug-likeness (QED) is 0.237. The van der Waals surface area contributed by atoms with E-state index in [1.165, 1.54) is 5.56 Å². The van der Waals surface area contributed by atoms with Crippen molar-refractivity contribution < 1.29 is 0 Å². The van der Waals surface area contributed by atoms with E-state index in [0.717, 1.165) is 66.0 Å². The Bertz CT molecular complexity index is 1780. The molecule has 8 heteroatoms. The van der Waals surface area contributed by atoms with E-state index in [2.05, 4.69) is 53.0 Å². The zero-order valence-corrected chi connectivity index (χ0v) is 23.6. The van der Waals surface area contributed by atoms with E-state index < -0.39 is 0 Å². The summed E-state index contributed by atoms with van der Waals surface area (Å²) in [5.74, 6) is 0.332. The first kappa shape index (κ1) is 26.8. The van der Waals surface area contributed by atoms with Gasteiger partial charge in [-0.1, -0.05) is 68.4 Å². The lowest BCUT2D eigenvalue weighted by Gasteiger charge is -2.32. The molecule has 1 fully saturated rings. The van der Waals surface area contributed by atoms with E-state index in [-0.39, 0.29) is 17.3 Å². The van der Waals surface area contributed by atoms with Gasteiger partial charge in [-0.2, -0.15) is 0 Å². The largest absolute Gasteiger partial charge is 0.399 e. The van der Waals surface area contributed by atoms with Gasteiger partial charge in [0.1, 0.15) is 5.69 Å². The molecule has 4 N–H and O–H groups in total. The monoisotopic (exact) mass is 548 g/mol. The van der Waals surface area contributed by atoms with Crippen molar-refractivity contribution in [2.45, 2.75) is 45.7 Å².